The van der Waals surface area contributed by atoms with E-state index in [0.717, 1.165) is 12.8 Å². The summed E-state index contributed by atoms with van der Waals surface area (Å²) in [5.41, 5.74) is 0. The average molecular weight is 422 g/mol. The molecule has 0 saturated carbocycles. The third-order valence-electron chi connectivity index (χ3n) is 5.93. The van der Waals surface area contributed by atoms with Crippen molar-refractivity contribution in [2.75, 3.05) is 6.61 Å². The van der Waals surface area contributed by atoms with Crippen LogP contribution >= 0.6 is 0 Å². The molecule has 1 heterocycles. The van der Waals surface area contributed by atoms with E-state index >= 15 is 0 Å². The minimum atomic E-state index is -0.409. The summed E-state index contributed by atoms with van der Waals surface area (Å²) in [6.07, 6.45) is 27.9. The Balaban J connectivity index is 1.73. The van der Waals surface area contributed by atoms with Crippen LogP contribution in [-0.4, -0.2) is 24.5 Å². The molecule has 4 nitrogen and oxygen atoms in total. The molecule has 1 N–H and O–H groups in total. The van der Waals surface area contributed by atoms with Crippen molar-refractivity contribution in [1.29, 1.82) is 0 Å². The lowest BCUT2D eigenvalue weighted by molar-refractivity contribution is -0.146. The topological polar surface area (TPSA) is 55.4 Å². The lowest BCUT2D eigenvalue weighted by Crippen LogP contribution is -2.34. The van der Waals surface area contributed by atoms with Crippen LogP contribution in [0.2, 0.25) is 0 Å². The van der Waals surface area contributed by atoms with Crippen LogP contribution in [0.3, 0.4) is 0 Å². The summed E-state index contributed by atoms with van der Waals surface area (Å²) >= 11 is 0. The van der Waals surface area contributed by atoms with E-state index in [1.165, 1.54) is 96.3 Å². The SMILES string of the molecule is CCCCCCCC/C=C/CCCCCCCCCCCOC(=O)[C@@H]1CCC(=O)N1. The third kappa shape index (κ3) is 15.5. The van der Waals surface area contributed by atoms with Crippen molar-refractivity contribution in [3.63, 3.8) is 0 Å². The van der Waals surface area contributed by atoms with Gasteiger partial charge in [0.1, 0.15) is 6.04 Å². The Morgan fingerprint density at radius 2 is 1.33 bits per heavy atom. The second-order valence-corrected chi connectivity index (χ2v) is 8.82. The van der Waals surface area contributed by atoms with Crippen molar-refractivity contribution in [2.45, 2.75) is 135 Å². The minimum absolute atomic E-state index is 0.0445. The van der Waals surface area contributed by atoms with Crippen LogP contribution in [0.1, 0.15) is 129 Å². The van der Waals surface area contributed by atoms with Crippen molar-refractivity contribution in [3.05, 3.63) is 12.2 Å². The highest BCUT2D eigenvalue weighted by atomic mass is 16.5. The molecule has 1 rings (SSSR count). The lowest BCUT2D eigenvalue weighted by atomic mass is 10.1. The molecule has 0 unspecified atom stereocenters. The van der Waals surface area contributed by atoms with Gasteiger partial charge < -0.3 is 10.1 Å². The predicted molar refractivity (Wildman–Crippen MR) is 125 cm³/mol. The molecule has 1 aliphatic rings. The molecule has 1 fully saturated rings. The molecule has 174 valence electrons. The summed E-state index contributed by atoms with van der Waals surface area (Å²) in [5.74, 6) is -0.310. The quantitative estimate of drug-likeness (QED) is 0.131. The standard InChI is InChI=1S/C26H47NO3/c1-2-3-4-5-6-7-8-9-10-11-12-13-14-15-16-17-18-19-20-23-30-26(29)24-21-22-25(28)27-24/h9-10,24H,2-8,11-23H2,1H3,(H,27,28)/b10-9+/t24-/m0/s1. The Hall–Kier alpha value is -1.32. The largest absolute Gasteiger partial charge is 0.464 e. The van der Waals surface area contributed by atoms with E-state index in [1.54, 1.807) is 0 Å². The van der Waals surface area contributed by atoms with E-state index in [4.69, 9.17) is 4.74 Å². The van der Waals surface area contributed by atoms with Gasteiger partial charge in [-0.1, -0.05) is 96.1 Å². The zero-order valence-corrected chi connectivity index (χ0v) is 19.6. The first-order valence-electron chi connectivity index (χ1n) is 12.8. The molecule has 0 aromatic heterocycles. The van der Waals surface area contributed by atoms with Gasteiger partial charge in [-0.05, 0) is 38.5 Å². The fraction of sp³-hybridized carbons (Fsp3) is 0.846. The Morgan fingerprint density at radius 3 is 1.83 bits per heavy atom. The van der Waals surface area contributed by atoms with Gasteiger partial charge in [-0.25, -0.2) is 4.79 Å². The molecule has 1 saturated heterocycles. The predicted octanol–water partition coefficient (Wildman–Crippen LogP) is 7.02. The molecule has 30 heavy (non-hydrogen) atoms. The van der Waals surface area contributed by atoms with Crippen molar-refractivity contribution in [3.8, 4) is 0 Å². The van der Waals surface area contributed by atoms with Crippen LogP contribution in [0.25, 0.3) is 0 Å². The maximum Gasteiger partial charge on any atom is 0.328 e. The first kappa shape index (κ1) is 26.7. The van der Waals surface area contributed by atoms with Gasteiger partial charge in [0, 0.05) is 6.42 Å². The van der Waals surface area contributed by atoms with Gasteiger partial charge in [-0.2, -0.15) is 0 Å². The smallest absolute Gasteiger partial charge is 0.328 e. The van der Waals surface area contributed by atoms with E-state index in [0.29, 0.717) is 19.4 Å². The van der Waals surface area contributed by atoms with Crippen LogP contribution in [0.15, 0.2) is 12.2 Å². The fourth-order valence-electron chi connectivity index (χ4n) is 3.94. The number of amides is 1. The summed E-state index contributed by atoms with van der Waals surface area (Å²) in [6, 6.07) is -0.409. The number of allylic oxidation sites excluding steroid dienone is 2. The monoisotopic (exact) mass is 421 g/mol. The van der Waals surface area contributed by atoms with E-state index < -0.39 is 6.04 Å². The molecule has 4 heteroatoms. The highest BCUT2D eigenvalue weighted by molar-refractivity contribution is 5.87. The molecule has 0 aliphatic carbocycles. The lowest BCUT2D eigenvalue weighted by Gasteiger charge is -2.09. The summed E-state index contributed by atoms with van der Waals surface area (Å²) in [4.78, 5) is 22.8. The van der Waals surface area contributed by atoms with Crippen LogP contribution in [0.4, 0.5) is 0 Å². The first-order chi connectivity index (χ1) is 14.7. The van der Waals surface area contributed by atoms with Gasteiger partial charge in [-0.15, -0.1) is 0 Å². The number of esters is 1. The summed E-state index contributed by atoms with van der Waals surface area (Å²) in [6.45, 7) is 2.76. The Kier molecular flexibility index (Phi) is 17.5. The molecule has 0 bridgehead atoms. The molecular weight excluding hydrogens is 374 g/mol. The third-order valence-corrected chi connectivity index (χ3v) is 5.93. The van der Waals surface area contributed by atoms with Crippen LogP contribution in [-0.2, 0) is 14.3 Å². The summed E-state index contributed by atoms with van der Waals surface area (Å²) < 4.78 is 5.25. The van der Waals surface area contributed by atoms with Crippen molar-refractivity contribution >= 4 is 11.9 Å². The second kappa shape index (κ2) is 19.6. The van der Waals surface area contributed by atoms with E-state index in [-0.39, 0.29) is 11.9 Å². The molecule has 0 spiro atoms. The van der Waals surface area contributed by atoms with Gasteiger partial charge in [0.25, 0.3) is 0 Å². The van der Waals surface area contributed by atoms with Gasteiger partial charge >= 0.3 is 5.97 Å². The van der Waals surface area contributed by atoms with Crippen LogP contribution in [0.5, 0.6) is 0 Å². The summed E-state index contributed by atoms with van der Waals surface area (Å²) in [7, 11) is 0. The zero-order valence-electron chi connectivity index (χ0n) is 19.6. The Bertz CT molecular complexity index is 461. The van der Waals surface area contributed by atoms with E-state index in [9.17, 15) is 9.59 Å². The summed E-state index contributed by atoms with van der Waals surface area (Å²) in [5, 5.41) is 2.65. The maximum atomic E-state index is 11.7. The molecule has 1 aliphatic heterocycles. The first-order valence-corrected chi connectivity index (χ1v) is 12.8. The number of hydrogen-bond acceptors (Lipinski definition) is 3. The van der Waals surface area contributed by atoms with Gasteiger partial charge in [0.05, 0.1) is 6.61 Å². The van der Waals surface area contributed by atoms with Crippen LogP contribution in [0, 0.1) is 0 Å². The van der Waals surface area contributed by atoms with Gasteiger partial charge in [0.15, 0.2) is 0 Å². The fourth-order valence-corrected chi connectivity index (χ4v) is 3.94. The highest BCUT2D eigenvalue weighted by Gasteiger charge is 2.28. The molecule has 1 amide bonds. The zero-order chi connectivity index (χ0) is 21.7. The minimum Gasteiger partial charge on any atom is -0.464 e. The van der Waals surface area contributed by atoms with Crippen molar-refractivity contribution < 1.29 is 14.3 Å². The Labute approximate surface area is 185 Å². The average Bonchev–Trinajstić information content (AvgIpc) is 3.18. The van der Waals surface area contributed by atoms with E-state index in [1.807, 2.05) is 0 Å². The number of ether oxygens (including phenoxy) is 1. The molecule has 0 aromatic carbocycles. The number of hydrogen-bond donors (Lipinski definition) is 1. The van der Waals surface area contributed by atoms with Crippen LogP contribution < -0.4 is 5.32 Å². The highest BCUT2D eigenvalue weighted by Crippen LogP contribution is 2.12. The van der Waals surface area contributed by atoms with E-state index in [2.05, 4.69) is 24.4 Å². The normalized spacial score (nSPS) is 16.3. The van der Waals surface area contributed by atoms with Crippen molar-refractivity contribution in [2.24, 2.45) is 0 Å². The number of unbranched alkanes of at least 4 members (excludes halogenated alkanes) is 15. The molecular formula is C26H47NO3. The maximum absolute atomic E-state index is 11.7. The number of nitrogens with one attached hydrogen (secondary N) is 1. The van der Waals surface area contributed by atoms with Crippen molar-refractivity contribution in [1.82, 2.24) is 5.32 Å². The number of carbonyl (C=O) groups excluding carboxylic acids is 2. The molecule has 0 radical (unpaired) electrons. The van der Waals surface area contributed by atoms with Gasteiger partial charge in [-0.3, -0.25) is 4.79 Å². The molecule has 1 atom stereocenters. The van der Waals surface area contributed by atoms with Gasteiger partial charge in [0.2, 0.25) is 5.91 Å². The Morgan fingerprint density at radius 1 is 0.833 bits per heavy atom. The number of carbonyl (C=O) groups is 2. The number of rotatable bonds is 20. The molecule has 0 aromatic rings. The second-order valence-electron chi connectivity index (χ2n) is 8.82.